The molecule has 0 unspecified atom stereocenters. The van der Waals surface area contributed by atoms with Crippen molar-refractivity contribution in [2.75, 3.05) is 11.4 Å². The van der Waals surface area contributed by atoms with Gasteiger partial charge in [-0.1, -0.05) is 23.8 Å². The van der Waals surface area contributed by atoms with Crippen molar-refractivity contribution in [3.63, 3.8) is 0 Å². The minimum atomic E-state index is 0.0183. The van der Waals surface area contributed by atoms with Crippen molar-refractivity contribution in [3.05, 3.63) is 59.2 Å². The fraction of sp³-hybridized carbons (Fsp3) is 0.235. The zero-order valence-electron chi connectivity index (χ0n) is 12.1. The highest BCUT2D eigenvalue weighted by molar-refractivity contribution is 7.80. The first kappa shape index (κ1) is 14.7. The summed E-state index contributed by atoms with van der Waals surface area (Å²) in [6, 6.07) is 13.7. The standard InChI is InChI=1S/C17H19NOS/c1-4-18(14-8-5-12(2)6-9-14)17(19)16-11-15(20)10-7-13(16)3/h5-11,20H,4H2,1-3H3. The minimum absolute atomic E-state index is 0.0183. The van der Waals surface area contributed by atoms with E-state index in [-0.39, 0.29) is 5.91 Å². The van der Waals surface area contributed by atoms with Gasteiger partial charge in [0.15, 0.2) is 0 Å². The molecule has 0 saturated carbocycles. The predicted molar refractivity (Wildman–Crippen MR) is 87.0 cm³/mol. The number of rotatable bonds is 3. The first-order valence-electron chi connectivity index (χ1n) is 6.71. The topological polar surface area (TPSA) is 20.3 Å². The highest BCUT2D eigenvalue weighted by Crippen LogP contribution is 2.21. The van der Waals surface area contributed by atoms with E-state index in [0.29, 0.717) is 12.1 Å². The Hall–Kier alpha value is -1.74. The van der Waals surface area contributed by atoms with Gasteiger partial charge in [0.2, 0.25) is 0 Å². The van der Waals surface area contributed by atoms with E-state index in [4.69, 9.17) is 0 Å². The van der Waals surface area contributed by atoms with Gasteiger partial charge in [-0.25, -0.2) is 0 Å². The van der Waals surface area contributed by atoms with Gasteiger partial charge in [0.05, 0.1) is 0 Å². The van der Waals surface area contributed by atoms with Gasteiger partial charge in [-0.2, -0.15) is 0 Å². The molecule has 0 N–H and O–H groups in total. The number of thiol groups is 1. The zero-order chi connectivity index (χ0) is 14.7. The lowest BCUT2D eigenvalue weighted by Crippen LogP contribution is -2.31. The van der Waals surface area contributed by atoms with E-state index in [1.54, 1.807) is 4.90 Å². The molecule has 0 bridgehead atoms. The third-order valence-corrected chi connectivity index (χ3v) is 3.64. The van der Waals surface area contributed by atoms with Crippen LogP contribution in [0.25, 0.3) is 0 Å². The summed E-state index contributed by atoms with van der Waals surface area (Å²) in [5.74, 6) is 0.0183. The molecule has 104 valence electrons. The molecule has 0 spiro atoms. The zero-order valence-corrected chi connectivity index (χ0v) is 12.9. The van der Waals surface area contributed by atoms with Crippen molar-refractivity contribution in [2.24, 2.45) is 0 Å². The van der Waals surface area contributed by atoms with Crippen LogP contribution in [0.1, 0.15) is 28.4 Å². The molecule has 1 amide bonds. The maximum absolute atomic E-state index is 12.7. The van der Waals surface area contributed by atoms with Gasteiger partial charge in [-0.05, 0) is 50.6 Å². The first-order valence-corrected chi connectivity index (χ1v) is 7.15. The van der Waals surface area contributed by atoms with E-state index in [0.717, 1.165) is 16.1 Å². The third-order valence-electron chi connectivity index (χ3n) is 3.36. The van der Waals surface area contributed by atoms with Crippen molar-refractivity contribution in [3.8, 4) is 0 Å². The number of carbonyl (C=O) groups is 1. The summed E-state index contributed by atoms with van der Waals surface area (Å²) in [5, 5.41) is 0. The molecular weight excluding hydrogens is 266 g/mol. The molecule has 0 atom stereocenters. The lowest BCUT2D eigenvalue weighted by atomic mass is 10.1. The highest BCUT2D eigenvalue weighted by Gasteiger charge is 2.18. The fourth-order valence-electron chi connectivity index (χ4n) is 2.15. The molecule has 0 aliphatic rings. The summed E-state index contributed by atoms with van der Waals surface area (Å²) in [5.41, 5.74) is 3.79. The molecule has 0 aromatic heterocycles. The Kier molecular flexibility index (Phi) is 4.50. The molecule has 0 saturated heterocycles. The maximum Gasteiger partial charge on any atom is 0.258 e. The Labute approximate surface area is 125 Å². The van der Waals surface area contributed by atoms with Gasteiger partial charge in [0.25, 0.3) is 5.91 Å². The minimum Gasteiger partial charge on any atom is -0.309 e. The summed E-state index contributed by atoms with van der Waals surface area (Å²) in [4.78, 5) is 15.3. The van der Waals surface area contributed by atoms with Crippen molar-refractivity contribution >= 4 is 24.2 Å². The van der Waals surface area contributed by atoms with Crippen molar-refractivity contribution in [1.29, 1.82) is 0 Å². The number of amides is 1. The van der Waals surface area contributed by atoms with Gasteiger partial charge in [-0.15, -0.1) is 12.6 Å². The van der Waals surface area contributed by atoms with Crippen LogP contribution in [0.5, 0.6) is 0 Å². The fourth-order valence-corrected chi connectivity index (χ4v) is 2.36. The largest absolute Gasteiger partial charge is 0.309 e. The number of aryl methyl sites for hydroxylation is 2. The van der Waals surface area contributed by atoms with Crippen LogP contribution < -0.4 is 4.90 Å². The van der Waals surface area contributed by atoms with Crippen LogP contribution in [-0.2, 0) is 0 Å². The van der Waals surface area contributed by atoms with Gasteiger partial charge >= 0.3 is 0 Å². The molecule has 20 heavy (non-hydrogen) atoms. The Bertz CT molecular complexity index is 619. The third kappa shape index (κ3) is 3.05. The van der Waals surface area contributed by atoms with Gasteiger partial charge in [-0.3, -0.25) is 4.79 Å². The smallest absolute Gasteiger partial charge is 0.258 e. The second-order valence-electron chi connectivity index (χ2n) is 4.88. The summed E-state index contributed by atoms with van der Waals surface area (Å²) in [7, 11) is 0. The van der Waals surface area contributed by atoms with E-state index in [1.165, 1.54) is 5.56 Å². The van der Waals surface area contributed by atoms with Gasteiger partial charge in [0, 0.05) is 22.7 Å². The number of hydrogen-bond donors (Lipinski definition) is 1. The quantitative estimate of drug-likeness (QED) is 0.836. The number of carbonyl (C=O) groups excluding carboxylic acids is 1. The van der Waals surface area contributed by atoms with Crippen molar-refractivity contribution in [1.82, 2.24) is 0 Å². The Balaban J connectivity index is 2.38. The number of anilines is 1. The monoisotopic (exact) mass is 285 g/mol. The summed E-state index contributed by atoms with van der Waals surface area (Å²) in [6.07, 6.45) is 0. The Morgan fingerprint density at radius 3 is 2.35 bits per heavy atom. The Morgan fingerprint density at radius 1 is 1.10 bits per heavy atom. The average molecular weight is 285 g/mol. The highest BCUT2D eigenvalue weighted by atomic mass is 32.1. The van der Waals surface area contributed by atoms with Crippen LogP contribution in [0, 0.1) is 13.8 Å². The van der Waals surface area contributed by atoms with Gasteiger partial charge < -0.3 is 4.90 Å². The van der Waals surface area contributed by atoms with E-state index < -0.39 is 0 Å². The molecule has 2 aromatic rings. The van der Waals surface area contributed by atoms with Crippen LogP contribution >= 0.6 is 12.6 Å². The molecule has 0 aliphatic heterocycles. The summed E-state index contributed by atoms with van der Waals surface area (Å²) in [6.45, 7) is 6.61. The molecule has 3 heteroatoms. The summed E-state index contributed by atoms with van der Waals surface area (Å²) < 4.78 is 0. The SMILES string of the molecule is CCN(C(=O)c1cc(S)ccc1C)c1ccc(C)cc1. The molecule has 0 fully saturated rings. The lowest BCUT2D eigenvalue weighted by molar-refractivity contribution is 0.0987. The molecule has 2 nitrogen and oxygen atoms in total. The first-order chi connectivity index (χ1) is 9.52. The number of hydrogen-bond acceptors (Lipinski definition) is 2. The number of benzene rings is 2. The molecular formula is C17H19NOS. The van der Waals surface area contributed by atoms with E-state index in [9.17, 15) is 4.79 Å². The number of nitrogens with zero attached hydrogens (tertiary/aromatic N) is 1. The van der Waals surface area contributed by atoms with Crippen LogP contribution in [-0.4, -0.2) is 12.5 Å². The van der Waals surface area contributed by atoms with Crippen molar-refractivity contribution < 1.29 is 4.79 Å². The molecule has 0 heterocycles. The van der Waals surface area contributed by atoms with Gasteiger partial charge in [0.1, 0.15) is 0 Å². The molecule has 2 rings (SSSR count). The lowest BCUT2D eigenvalue weighted by Gasteiger charge is -2.22. The van der Waals surface area contributed by atoms with Crippen LogP contribution in [0.4, 0.5) is 5.69 Å². The van der Waals surface area contributed by atoms with Crippen LogP contribution in [0.2, 0.25) is 0 Å². The second-order valence-corrected chi connectivity index (χ2v) is 5.40. The average Bonchev–Trinajstić information content (AvgIpc) is 2.44. The summed E-state index contributed by atoms with van der Waals surface area (Å²) >= 11 is 4.32. The van der Waals surface area contributed by atoms with Crippen LogP contribution in [0.15, 0.2) is 47.4 Å². The normalized spacial score (nSPS) is 10.4. The Morgan fingerprint density at radius 2 is 1.75 bits per heavy atom. The van der Waals surface area contributed by atoms with E-state index in [2.05, 4.69) is 12.6 Å². The molecule has 0 aliphatic carbocycles. The maximum atomic E-state index is 12.7. The van der Waals surface area contributed by atoms with E-state index >= 15 is 0 Å². The molecule has 2 aromatic carbocycles. The van der Waals surface area contributed by atoms with E-state index in [1.807, 2.05) is 63.2 Å². The van der Waals surface area contributed by atoms with Crippen molar-refractivity contribution in [2.45, 2.75) is 25.7 Å². The van der Waals surface area contributed by atoms with Crippen LogP contribution in [0.3, 0.4) is 0 Å². The molecule has 0 radical (unpaired) electrons. The second kappa shape index (κ2) is 6.14. The predicted octanol–water partition coefficient (Wildman–Crippen LogP) is 4.26.